The van der Waals surface area contributed by atoms with E-state index in [1.807, 2.05) is 0 Å². The number of hydrogen-bond donors (Lipinski definition) is 4. The zero-order chi connectivity index (χ0) is 8.28. The highest BCUT2D eigenvalue weighted by Gasteiger charge is 2.66. The SMILES string of the molecule is N=C1CC2(S)CC2(S)CC1=N. The van der Waals surface area contributed by atoms with Gasteiger partial charge >= 0.3 is 0 Å². The summed E-state index contributed by atoms with van der Waals surface area (Å²) in [4.78, 5) is 0. The maximum atomic E-state index is 7.46. The van der Waals surface area contributed by atoms with Crippen molar-refractivity contribution < 1.29 is 0 Å². The number of thiol groups is 2. The molecule has 2 unspecified atom stereocenters. The number of hydrogen-bond acceptors (Lipinski definition) is 4. The first-order valence-electron chi connectivity index (χ1n) is 3.57. The minimum absolute atomic E-state index is 0.0717. The van der Waals surface area contributed by atoms with Gasteiger partial charge in [-0.1, -0.05) is 0 Å². The Labute approximate surface area is 76.6 Å². The standard InChI is InChI=1S/C7H10N2S2/c8-4-1-6(10)3-7(6,11)2-5(4)9/h8-11H,1-3H2. The Bertz CT molecular complexity index is 237. The van der Waals surface area contributed by atoms with E-state index in [2.05, 4.69) is 25.3 Å². The molecular weight excluding hydrogens is 176 g/mol. The molecule has 2 aliphatic carbocycles. The van der Waals surface area contributed by atoms with Gasteiger partial charge in [0, 0.05) is 22.3 Å². The molecule has 2 fully saturated rings. The average molecular weight is 186 g/mol. The predicted octanol–water partition coefficient (Wildman–Crippen LogP) is 1.56. The Balaban J connectivity index is 2.28. The maximum Gasteiger partial charge on any atom is 0.0536 e. The Morgan fingerprint density at radius 1 is 1.00 bits per heavy atom. The van der Waals surface area contributed by atoms with E-state index < -0.39 is 0 Å². The number of rotatable bonds is 0. The molecule has 0 saturated heterocycles. The van der Waals surface area contributed by atoms with Crippen LogP contribution in [0.5, 0.6) is 0 Å². The average Bonchev–Trinajstić information content (AvgIpc) is 2.33. The van der Waals surface area contributed by atoms with E-state index in [0.29, 0.717) is 24.3 Å². The quantitative estimate of drug-likeness (QED) is 0.415. The summed E-state index contributed by atoms with van der Waals surface area (Å²) >= 11 is 8.93. The molecule has 11 heavy (non-hydrogen) atoms. The van der Waals surface area contributed by atoms with E-state index in [4.69, 9.17) is 10.8 Å². The van der Waals surface area contributed by atoms with Crippen LogP contribution in [0.25, 0.3) is 0 Å². The van der Waals surface area contributed by atoms with Crippen LogP contribution in [0.3, 0.4) is 0 Å². The first-order chi connectivity index (χ1) is 4.97. The second-order valence-electron chi connectivity index (χ2n) is 3.55. The lowest BCUT2D eigenvalue weighted by Crippen LogP contribution is -2.32. The normalized spacial score (nSPS) is 48.9. The van der Waals surface area contributed by atoms with Crippen molar-refractivity contribution in [1.82, 2.24) is 0 Å². The highest BCUT2D eigenvalue weighted by molar-refractivity contribution is 7.87. The summed E-state index contributed by atoms with van der Waals surface area (Å²) in [5.74, 6) is 0. The minimum Gasteiger partial charge on any atom is -0.303 e. The van der Waals surface area contributed by atoms with E-state index in [9.17, 15) is 0 Å². The fraction of sp³-hybridized carbons (Fsp3) is 0.714. The van der Waals surface area contributed by atoms with Gasteiger partial charge in [-0.05, 0) is 6.42 Å². The maximum absolute atomic E-state index is 7.46. The third kappa shape index (κ3) is 0.888. The van der Waals surface area contributed by atoms with Gasteiger partial charge in [-0.25, -0.2) is 0 Å². The van der Waals surface area contributed by atoms with Crippen molar-refractivity contribution >= 4 is 36.7 Å². The topological polar surface area (TPSA) is 47.7 Å². The summed E-state index contributed by atoms with van der Waals surface area (Å²) < 4.78 is -0.143. The van der Waals surface area contributed by atoms with E-state index in [1.165, 1.54) is 0 Å². The molecule has 4 heteroatoms. The van der Waals surface area contributed by atoms with Crippen molar-refractivity contribution in [3.63, 3.8) is 0 Å². The molecule has 2 nitrogen and oxygen atoms in total. The van der Waals surface area contributed by atoms with E-state index >= 15 is 0 Å². The zero-order valence-electron chi connectivity index (χ0n) is 6.02. The molecule has 0 heterocycles. The van der Waals surface area contributed by atoms with Gasteiger partial charge in [-0.15, -0.1) is 0 Å². The Hall–Kier alpha value is 0.0400. The van der Waals surface area contributed by atoms with Crippen molar-refractivity contribution in [2.45, 2.75) is 28.8 Å². The molecule has 0 aromatic carbocycles. The molecule has 2 aliphatic rings. The Kier molecular flexibility index (Phi) is 1.29. The molecule has 2 N–H and O–H groups in total. The first kappa shape index (κ1) is 7.68. The van der Waals surface area contributed by atoms with Crippen LogP contribution in [0.4, 0.5) is 0 Å². The predicted molar refractivity (Wildman–Crippen MR) is 52.7 cm³/mol. The van der Waals surface area contributed by atoms with Crippen LogP contribution >= 0.6 is 25.3 Å². The van der Waals surface area contributed by atoms with Gasteiger partial charge < -0.3 is 10.8 Å². The molecule has 0 radical (unpaired) electrons. The highest BCUT2D eigenvalue weighted by atomic mass is 32.1. The van der Waals surface area contributed by atoms with Crippen molar-refractivity contribution in [1.29, 1.82) is 10.8 Å². The minimum atomic E-state index is -0.0717. The lowest BCUT2D eigenvalue weighted by molar-refractivity contribution is 0.820. The lowest BCUT2D eigenvalue weighted by Gasteiger charge is -2.23. The van der Waals surface area contributed by atoms with Crippen molar-refractivity contribution in [2.24, 2.45) is 0 Å². The number of nitrogens with one attached hydrogen (secondary N) is 2. The smallest absolute Gasteiger partial charge is 0.0536 e. The summed E-state index contributed by atoms with van der Waals surface area (Å²) in [6.45, 7) is 0. The fourth-order valence-corrected chi connectivity index (χ4v) is 2.83. The molecule has 0 aromatic heterocycles. The van der Waals surface area contributed by atoms with Crippen LogP contribution in [-0.2, 0) is 0 Å². The van der Waals surface area contributed by atoms with Gasteiger partial charge in [0.25, 0.3) is 0 Å². The van der Waals surface area contributed by atoms with Crippen LogP contribution in [0, 0.1) is 10.8 Å². The van der Waals surface area contributed by atoms with Gasteiger partial charge in [-0.3, -0.25) is 0 Å². The van der Waals surface area contributed by atoms with Crippen LogP contribution in [0.2, 0.25) is 0 Å². The van der Waals surface area contributed by atoms with Crippen molar-refractivity contribution in [3.8, 4) is 0 Å². The second kappa shape index (κ2) is 1.85. The van der Waals surface area contributed by atoms with Crippen LogP contribution in [0.1, 0.15) is 19.3 Å². The van der Waals surface area contributed by atoms with E-state index in [-0.39, 0.29) is 9.49 Å². The Morgan fingerprint density at radius 2 is 1.36 bits per heavy atom. The summed E-state index contributed by atoms with van der Waals surface area (Å²) in [6, 6.07) is 0. The Morgan fingerprint density at radius 3 is 1.73 bits per heavy atom. The largest absolute Gasteiger partial charge is 0.303 e. The zero-order valence-corrected chi connectivity index (χ0v) is 7.80. The van der Waals surface area contributed by atoms with Gasteiger partial charge in [0.1, 0.15) is 0 Å². The van der Waals surface area contributed by atoms with Gasteiger partial charge in [0.15, 0.2) is 0 Å². The third-order valence-corrected chi connectivity index (χ3v) is 4.29. The third-order valence-electron chi connectivity index (χ3n) is 2.63. The molecular formula is C7H10N2S2. The lowest BCUT2D eigenvalue weighted by atomic mass is 9.95. The van der Waals surface area contributed by atoms with Gasteiger partial charge in [0.2, 0.25) is 0 Å². The summed E-state index contributed by atoms with van der Waals surface area (Å²) in [7, 11) is 0. The second-order valence-corrected chi connectivity index (χ2v) is 5.26. The summed E-state index contributed by atoms with van der Waals surface area (Å²) in [5.41, 5.74) is 0.893. The number of fused-ring (bicyclic) bond motifs is 1. The van der Waals surface area contributed by atoms with Crippen LogP contribution < -0.4 is 0 Å². The molecule has 0 amide bonds. The van der Waals surface area contributed by atoms with Gasteiger partial charge in [0.05, 0.1) is 11.4 Å². The van der Waals surface area contributed by atoms with Gasteiger partial charge in [-0.2, -0.15) is 25.3 Å². The van der Waals surface area contributed by atoms with Crippen LogP contribution in [-0.4, -0.2) is 20.9 Å². The summed E-state index contributed by atoms with van der Waals surface area (Å²) in [6.07, 6.45) is 2.19. The van der Waals surface area contributed by atoms with E-state index in [0.717, 1.165) is 6.42 Å². The molecule has 0 aromatic rings. The van der Waals surface area contributed by atoms with E-state index in [1.54, 1.807) is 0 Å². The molecule has 0 aliphatic heterocycles. The molecule has 2 rings (SSSR count). The van der Waals surface area contributed by atoms with Crippen molar-refractivity contribution in [2.75, 3.05) is 0 Å². The molecule has 2 atom stereocenters. The van der Waals surface area contributed by atoms with Crippen LogP contribution in [0.15, 0.2) is 0 Å². The molecule has 0 bridgehead atoms. The first-order valence-corrected chi connectivity index (χ1v) is 4.46. The monoisotopic (exact) mass is 186 g/mol. The molecule has 60 valence electrons. The summed E-state index contributed by atoms with van der Waals surface area (Å²) in [5, 5.41) is 14.9. The molecule has 0 spiro atoms. The highest BCUT2D eigenvalue weighted by Crippen LogP contribution is 2.63. The van der Waals surface area contributed by atoms with Crippen molar-refractivity contribution in [3.05, 3.63) is 0 Å². The molecule has 2 saturated carbocycles. The fourth-order valence-electron chi connectivity index (χ4n) is 1.69.